The van der Waals surface area contributed by atoms with E-state index in [2.05, 4.69) is 0 Å². The fourth-order valence-electron chi connectivity index (χ4n) is 1.62. The van der Waals surface area contributed by atoms with E-state index in [0.29, 0.717) is 16.5 Å². The lowest BCUT2D eigenvalue weighted by Gasteiger charge is -2.07. The van der Waals surface area contributed by atoms with Gasteiger partial charge in [0.25, 0.3) is 0 Å². The Hall–Kier alpha value is -1.78. The number of rotatable bonds is 4. The Labute approximate surface area is 115 Å². The molecule has 0 aliphatic carbocycles. The van der Waals surface area contributed by atoms with Crippen molar-refractivity contribution in [2.45, 2.75) is 13.0 Å². The lowest BCUT2D eigenvalue weighted by molar-refractivity contribution is -0.144. The van der Waals surface area contributed by atoms with Gasteiger partial charge in [-0.2, -0.15) is 0 Å². The summed E-state index contributed by atoms with van der Waals surface area (Å²) in [6, 6.07) is 10.6. The van der Waals surface area contributed by atoms with E-state index in [4.69, 9.17) is 20.8 Å². The highest BCUT2D eigenvalue weighted by Crippen LogP contribution is 2.30. The second-order valence-electron chi connectivity index (χ2n) is 4.00. The van der Waals surface area contributed by atoms with Gasteiger partial charge in [0.1, 0.15) is 24.2 Å². The molecule has 0 aliphatic rings. The molecule has 0 saturated heterocycles. The van der Waals surface area contributed by atoms with Crippen molar-refractivity contribution in [1.29, 1.82) is 0 Å². The molecule has 0 unspecified atom stereocenters. The van der Waals surface area contributed by atoms with E-state index in [0.717, 1.165) is 5.56 Å². The van der Waals surface area contributed by atoms with Gasteiger partial charge in [-0.05, 0) is 24.3 Å². The van der Waals surface area contributed by atoms with E-state index in [1.54, 1.807) is 18.2 Å². The predicted octanol–water partition coefficient (Wildman–Crippen LogP) is 3.20. The summed E-state index contributed by atoms with van der Waals surface area (Å²) in [5.74, 6) is 0.440. The molecule has 0 bridgehead atoms. The average molecular weight is 281 g/mol. The second kappa shape index (κ2) is 5.91. The maximum Gasteiger partial charge on any atom is 0.302 e. The van der Waals surface area contributed by atoms with Crippen molar-refractivity contribution < 1.29 is 19.1 Å². The molecule has 1 N–H and O–H groups in total. The summed E-state index contributed by atoms with van der Waals surface area (Å²) in [5, 5.41) is 10.4. The van der Waals surface area contributed by atoms with Gasteiger partial charge in [-0.1, -0.05) is 23.7 Å². The monoisotopic (exact) mass is 280 g/mol. The number of benzene rings is 1. The number of carbonyl (C=O) groups excluding carboxylic acids is 1. The summed E-state index contributed by atoms with van der Waals surface area (Å²) in [6.45, 7) is 1.15. The molecule has 1 aromatic heterocycles. The predicted molar refractivity (Wildman–Crippen MR) is 70.7 cm³/mol. The largest absolute Gasteiger partial charge is 0.463 e. The van der Waals surface area contributed by atoms with Crippen LogP contribution in [0.5, 0.6) is 0 Å². The van der Waals surface area contributed by atoms with E-state index in [1.165, 1.54) is 6.92 Å². The highest BCUT2D eigenvalue weighted by Gasteiger charge is 2.15. The van der Waals surface area contributed by atoms with Crippen molar-refractivity contribution >= 4 is 17.6 Å². The van der Waals surface area contributed by atoms with Crippen LogP contribution in [-0.4, -0.2) is 17.7 Å². The summed E-state index contributed by atoms with van der Waals surface area (Å²) in [7, 11) is 0. The van der Waals surface area contributed by atoms with Crippen LogP contribution in [-0.2, 0) is 9.53 Å². The minimum atomic E-state index is -0.986. The molecular weight excluding hydrogens is 268 g/mol. The standard InChI is InChI=1S/C14H13ClO4/c1-9(16)18-8-12(17)14-7-6-13(19-14)10-4-2-3-5-11(10)15/h2-7,12,17H,8H2,1H3/t12-/m0/s1. The van der Waals surface area contributed by atoms with E-state index in [1.807, 2.05) is 18.2 Å². The Bertz CT molecular complexity index is 576. The first-order valence-electron chi connectivity index (χ1n) is 5.74. The molecular formula is C14H13ClO4. The molecule has 0 amide bonds. The third-order valence-electron chi connectivity index (χ3n) is 2.54. The Morgan fingerprint density at radius 1 is 1.37 bits per heavy atom. The fraction of sp³-hybridized carbons (Fsp3) is 0.214. The third-order valence-corrected chi connectivity index (χ3v) is 2.87. The number of aliphatic hydroxyl groups is 1. The summed E-state index contributed by atoms with van der Waals surface area (Å²) < 4.78 is 10.2. The van der Waals surface area contributed by atoms with Crippen LogP contribution < -0.4 is 0 Å². The molecule has 4 nitrogen and oxygen atoms in total. The Balaban J connectivity index is 2.15. The maximum atomic E-state index is 10.7. The van der Waals surface area contributed by atoms with Crippen molar-refractivity contribution in [2.24, 2.45) is 0 Å². The van der Waals surface area contributed by atoms with Gasteiger partial charge in [-0.25, -0.2) is 0 Å². The number of ether oxygens (including phenoxy) is 1. The number of furan rings is 1. The van der Waals surface area contributed by atoms with Crippen molar-refractivity contribution in [3.05, 3.63) is 47.2 Å². The van der Waals surface area contributed by atoms with Crippen LogP contribution in [0.4, 0.5) is 0 Å². The van der Waals surface area contributed by atoms with E-state index < -0.39 is 12.1 Å². The Kier molecular flexibility index (Phi) is 4.24. The zero-order valence-electron chi connectivity index (χ0n) is 10.3. The number of hydrogen-bond acceptors (Lipinski definition) is 4. The van der Waals surface area contributed by atoms with Gasteiger partial charge in [0, 0.05) is 12.5 Å². The van der Waals surface area contributed by atoms with E-state index in [-0.39, 0.29) is 6.61 Å². The molecule has 0 fully saturated rings. The van der Waals surface area contributed by atoms with Crippen molar-refractivity contribution in [1.82, 2.24) is 0 Å². The molecule has 0 aliphatic heterocycles. The third kappa shape index (κ3) is 3.36. The average Bonchev–Trinajstić information content (AvgIpc) is 2.86. The Morgan fingerprint density at radius 2 is 2.11 bits per heavy atom. The van der Waals surface area contributed by atoms with E-state index in [9.17, 15) is 9.90 Å². The number of hydrogen-bond donors (Lipinski definition) is 1. The molecule has 1 heterocycles. The first-order valence-corrected chi connectivity index (χ1v) is 6.12. The van der Waals surface area contributed by atoms with Crippen LogP contribution in [0.1, 0.15) is 18.8 Å². The molecule has 5 heteroatoms. The normalized spacial score (nSPS) is 12.2. The van der Waals surface area contributed by atoms with Gasteiger partial charge in [0.15, 0.2) is 0 Å². The zero-order valence-corrected chi connectivity index (χ0v) is 11.1. The van der Waals surface area contributed by atoms with Crippen LogP contribution >= 0.6 is 11.6 Å². The quantitative estimate of drug-likeness (QED) is 0.874. The van der Waals surface area contributed by atoms with Crippen LogP contribution in [0.2, 0.25) is 5.02 Å². The van der Waals surface area contributed by atoms with Crippen LogP contribution in [0.3, 0.4) is 0 Å². The SMILES string of the molecule is CC(=O)OC[C@H](O)c1ccc(-c2ccccc2Cl)o1. The first kappa shape index (κ1) is 13.6. The number of aliphatic hydroxyl groups excluding tert-OH is 1. The highest BCUT2D eigenvalue weighted by atomic mass is 35.5. The van der Waals surface area contributed by atoms with Crippen LogP contribution in [0.25, 0.3) is 11.3 Å². The summed E-state index contributed by atoms with van der Waals surface area (Å²) >= 11 is 6.06. The van der Waals surface area contributed by atoms with Gasteiger partial charge in [0.2, 0.25) is 0 Å². The number of carbonyl (C=O) groups is 1. The zero-order chi connectivity index (χ0) is 13.8. The maximum absolute atomic E-state index is 10.7. The fourth-order valence-corrected chi connectivity index (χ4v) is 1.85. The van der Waals surface area contributed by atoms with Crippen molar-refractivity contribution in [3.63, 3.8) is 0 Å². The molecule has 100 valence electrons. The molecule has 19 heavy (non-hydrogen) atoms. The lowest BCUT2D eigenvalue weighted by Crippen LogP contribution is -2.09. The Morgan fingerprint density at radius 3 is 2.79 bits per heavy atom. The number of esters is 1. The van der Waals surface area contributed by atoms with Crippen molar-refractivity contribution in [3.8, 4) is 11.3 Å². The lowest BCUT2D eigenvalue weighted by atomic mass is 10.2. The van der Waals surface area contributed by atoms with Crippen LogP contribution in [0.15, 0.2) is 40.8 Å². The molecule has 0 spiro atoms. The minimum Gasteiger partial charge on any atom is -0.463 e. The van der Waals surface area contributed by atoms with Gasteiger partial charge >= 0.3 is 5.97 Å². The molecule has 1 aromatic carbocycles. The van der Waals surface area contributed by atoms with Crippen molar-refractivity contribution in [2.75, 3.05) is 6.61 Å². The summed E-state index contributed by atoms with van der Waals surface area (Å²) in [4.78, 5) is 10.7. The minimum absolute atomic E-state index is 0.134. The summed E-state index contributed by atoms with van der Waals surface area (Å²) in [5.41, 5.74) is 0.745. The van der Waals surface area contributed by atoms with Gasteiger partial charge in [-0.3, -0.25) is 4.79 Å². The number of halogens is 1. The second-order valence-corrected chi connectivity index (χ2v) is 4.41. The van der Waals surface area contributed by atoms with Gasteiger partial charge in [-0.15, -0.1) is 0 Å². The summed E-state index contributed by atoms with van der Waals surface area (Å²) in [6.07, 6.45) is -0.986. The van der Waals surface area contributed by atoms with E-state index >= 15 is 0 Å². The van der Waals surface area contributed by atoms with Crippen LogP contribution in [0, 0.1) is 0 Å². The highest BCUT2D eigenvalue weighted by molar-refractivity contribution is 6.33. The molecule has 2 aromatic rings. The van der Waals surface area contributed by atoms with Gasteiger partial charge < -0.3 is 14.3 Å². The molecule has 2 rings (SSSR count). The molecule has 0 saturated carbocycles. The van der Waals surface area contributed by atoms with Gasteiger partial charge in [0.05, 0.1) is 5.02 Å². The topological polar surface area (TPSA) is 59.7 Å². The first-order chi connectivity index (χ1) is 9.08. The smallest absolute Gasteiger partial charge is 0.302 e. The molecule has 0 radical (unpaired) electrons. The molecule has 1 atom stereocenters.